The van der Waals surface area contributed by atoms with Gasteiger partial charge in [-0.2, -0.15) is 4.98 Å². The number of anilines is 2. The number of halogens is 2. The number of aryl methyl sites for hydroxylation is 1. The van der Waals surface area contributed by atoms with Crippen molar-refractivity contribution in [1.82, 2.24) is 15.1 Å². The highest BCUT2D eigenvalue weighted by Crippen LogP contribution is 2.35. The highest BCUT2D eigenvalue weighted by molar-refractivity contribution is 6.33. The van der Waals surface area contributed by atoms with Gasteiger partial charge in [-0.15, -0.1) is 0 Å². The SMILES string of the molecule is Cc1ccc(NC(=O)[C@H]2CCCN(c3ncnc4onc(-c5ccc(F)cc5)c34)C2)c(Cl)c1. The third-order valence-corrected chi connectivity index (χ3v) is 6.16. The lowest BCUT2D eigenvalue weighted by atomic mass is 9.96. The van der Waals surface area contributed by atoms with Crippen molar-refractivity contribution in [3.63, 3.8) is 0 Å². The molecule has 0 bridgehead atoms. The van der Waals surface area contributed by atoms with Crippen LogP contribution in [0.25, 0.3) is 22.4 Å². The minimum atomic E-state index is -0.332. The van der Waals surface area contributed by atoms with E-state index in [1.165, 1.54) is 18.5 Å². The Hall–Kier alpha value is -3.52. The zero-order valence-corrected chi connectivity index (χ0v) is 18.6. The standard InChI is InChI=1S/C24H21ClFN5O2/c1-14-4-9-19(18(25)11-14)29-23(32)16-3-2-10-31(12-16)22-20-21(15-5-7-17(26)8-6-15)30-33-24(20)28-13-27-22/h4-9,11,13,16H,2-3,10,12H2,1H3,(H,29,32)/t16-/m0/s1. The van der Waals surface area contributed by atoms with E-state index < -0.39 is 0 Å². The number of carbonyl (C=O) groups excluding carboxylic acids is 1. The van der Waals surface area contributed by atoms with Gasteiger partial charge in [0.25, 0.3) is 5.71 Å². The molecule has 0 aliphatic carbocycles. The molecule has 9 heteroatoms. The Bertz CT molecular complexity index is 1320. The van der Waals surface area contributed by atoms with Crippen LogP contribution in [0.5, 0.6) is 0 Å². The van der Waals surface area contributed by atoms with Gasteiger partial charge < -0.3 is 14.7 Å². The second-order valence-corrected chi connectivity index (χ2v) is 8.58. The zero-order valence-electron chi connectivity index (χ0n) is 17.9. The number of benzene rings is 2. The van der Waals surface area contributed by atoms with Crippen LogP contribution in [0.1, 0.15) is 18.4 Å². The predicted molar refractivity (Wildman–Crippen MR) is 125 cm³/mol. The molecule has 1 N–H and O–H groups in total. The molecule has 1 fully saturated rings. The highest BCUT2D eigenvalue weighted by atomic mass is 35.5. The Kier molecular flexibility index (Phi) is 5.68. The average Bonchev–Trinajstić information content (AvgIpc) is 3.26. The number of hydrogen-bond acceptors (Lipinski definition) is 6. The van der Waals surface area contributed by atoms with Crippen LogP contribution < -0.4 is 10.2 Å². The van der Waals surface area contributed by atoms with Crippen LogP contribution in [0.15, 0.2) is 53.3 Å². The molecular weight excluding hydrogens is 445 g/mol. The summed E-state index contributed by atoms with van der Waals surface area (Å²) in [6.45, 7) is 3.16. The first-order valence-corrected chi connectivity index (χ1v) is 11.1. The largest absolute Gasteiger partial charge is 0.355 e. The van der Waals surface area contributed by atoms with Gasteiger partial charge in [-0.25, -0.2) is 9.37 Å². The summed E-state index contributed by atoms with van der Waals surface area (Å²) < 4.78 is 18.8. The third kappa shape index (κ3) is 4.26. The molecule has 2 aromatic carbocycles. The molecule has 4 aromatic rings. The molecule has 1 amide bonds. The zero-order chi connectivity index (χ0) is 22.9. The van der Waals surface area contributed by atoms with E-state index in [1.54, 1.807) is 12.1 Å². The van der Waals surface area contributed by atoms with E-state index in [-0.39, 0.29) is 17.6 Å². The molecule has 0 saturated carbocycles. The van der Waals surface area contributed by atoms with Crippen molar-refractivity contribution >= 4 is 40.1 Å². The molecule has 1 atom stereocenters. The minimum absolute atomic E-state index is 0.0835. The van der Waals surface area contributed by atoms with Crippen LogP contribution in [-0.2, 0) is 4.79 Å². The summed E-state index contributed by atoms with van der Waals surface area (Å²) in [5.41, 5.74) is 3.22. The maximum Gasteiger partial charge on any atom is 0.263 e. The van der Waals surface area contributed by atoms with Crippen molar-refractivity contribution < 1.29 is 13.7 Å². The van der Waals surface area contributed by atoms with E-state index in [1.807, 2.05) is 25.1 Å². The van der Waals surface area contributed by atoms with E-state index in [9.17, 15) is 9.18 Å². The average molecular weight is 466 g/mol. The summed E-state index contributed by atoms with van der Waals surface area (Å²) in [6.07, 6.45) is 3.00. The fourth-order valence-electron chi connectivity index (χ4n) is 4.16. The Morgan fingerprint density at radius 3 is 2.82 bits per heavy atom. The first-order chi connectivity index (χ1) is 16.0. The topological polar surface area (TPSA) is 84.2 Å². The number of carbonyl (C=O) groups is 1. The molecule has 7 nitrogen and oxygen atoms in total. The van der Waals surface area contributed by atoms with Crippen LogP contribution in [-0.4, -0.2) is 34.1 Å². The summed E-state index contributed by atoms with van der Waals surface area (Å²) in [5.74, 6) is -0.0110. The summed E-state index contributed by atoms with van der Waals surface area (Å²) >= 11 is 6.29. The Balaban J connectivity index is 1.42. The number of amides is 1. The number of hydrogen-bond donors (Lipinski definition) is 1. The van der Waals surface area contributed by atoms with Gasteiger partial charge in [-0.05, 0) is 61.7 Å². The van der Waals surface area contributed by atoms with Gasteiger partial charge in [0.2, 0.25) is 5.91 Å². The molecule has 33 heavy (non-hydrogen) atoms. The van der Waals surface area contributed by atoms with E-state index in [2.05, 4.69) is 25.3 Å². The molecule has 168 valence electrons. The second kappa shape index (κ2) is 8.78. The van der Waals surface area contributed by atoms with Crippen LogP contribution in [0.2, 0.25) is 5.02 Å². The lowest BCUT2D eigenvalue weighted by Crippen LogP contribution is -2.41. The van der Waals surface area contributed by atoms with Crippen molar-refractivity contribution in [2.75, 3.05) is 23.3 Å². The normalized spacial score (nSPS) is 16.2. The number of piperidine rings is 1. The lowest BCUT2D eigenvalue weighted by Gasteiger charge is -2.33. The van der Waals surface area contributed by atoms with E-state index in [0.717, 1.165) is 24.9 Å². The number of aromatic nitrogens is 3. The first kappa shape index (κ1) is 21.3. The second-order valence-electron chi connectivity index (χ2n) is 8.17. The molecule has 1 aliphatic heterocycles. The van der Waals surface area contributed by atoms with Gasteiger partial charge >= 0.3 is 0 Å². The Morgan fingerprint density at radius 2 is 2.03 bits per heavy atom. The monoisotopic (exact) mass is 465 g/mol. The molecular formula is C24H21ClFN5O2. The van der Waals surface area contributed by atoms with Gasteiger partial charge in [0.15, 0.2) is 0 Å². The molecule has 1 saturated heterocycles. The lowest BCUT2D eigenvalue weighted by molar-refractivity contribution is -0.120. The number of rotatable bonds is 4. The molecule has 5 rings (SSSR count). The van der Waals surface area contributed by atoms with E-state index in [4.69, 9.17) is 16.1 Å². The van der Waals surface area contributed by atoms with Gasteiger partial charge in [-0.3, -0.25) is 4.79 Å². The fraction of sp³-hybridized carbons (Fsp3) is 0.250. The first-order valence-electron chi connectivity index (χ1n) is 10.7. The van der Waals surface area contributed by atoms with Crippen molar-refractivity contribution in [2.24, 2.45) is 5.92 Å². The van der Waals surface area contributed by atoms with E-state index in [0.29, 0.717) is 45.4 Å². The van der Waals surface area contributed by atoms with Crippen molar-refractivity contribution in [1.29, 1.82) is 0 Å². The number of nitrogens with one attached hydrogen (secondary N) is 1. The third-order valence-electron chi connectivity index (χ3n) is 5.84. The van der Waals surface area contributed by atoms with Crippen LogP contribution >= 0.6 is 11.6 Å². The summed E-state index contributed by atoms with van der Waals surface area (Å²) in [4.78, 5) is 23.8. The smallest absolute Gasteiger partial charge is 0.263 e. The van der Waals surface area contributed by atoms with Crippen LogP contribution in [0, 0.1) is 18.7 Å². The quantitative estimate of drug-likeness (QED) is 0.443. The summed E-state index contributed by atoms with van der Waals surface area (Å²) in [5, 5.41) is 8.27. The van der Waals surface area contributed by atoms with Crippen molar-refractivity contribution in [3.05, 3.63) is 65.2 Å². The maximum absolute atomic E-state index is 13.4. The molecule has 3 heterocycles. The molecule has 0 radical (unpaired) electrons. The molecule has 1 aliphatic rings. The minimum Gasteiger partial charge on any atom is -0.355 e. The number of fused-ring (bicyclic) bond motifs is 1. The molecule has 0 unspecified atom stereocenters. The predicted octanol–water partition coefficient (Wildman–Crippen LogP) is 5.24. The van der Waals surface area contributed by atoms with Gasteiger partial charge in [0.05, 0.1) is 16.6 Å². The van der Waals surface area contributed by atoms with Crippen LogP contribution in [0.3, 0.4) is 0 Å². The molecule has 0 spiro atoms. The van der Waals surface area contributed by atoms with Gasteiger partial charge in [0.1, 0.15) is 29.0 Å². The number of nitrogens with zero attached hydrogens (tertiary/aromatic N) is 4. The van der Waals surface area contributed by atoms with E-state index >= 15 is 0 Å². The van der Waals surface area contributed by atoms with Gasteiger partial charge in [-0.1, -0.05) is 22.8 Å². The van der Waals surface area contributed by atoms with Gasteiger partial charge in [0, 0.05) is 18.7 Å². The summed E-state index contributed by atoms with van der Waals surface area (Å²) in [6, 6.07) is 11.6. The highest BCUT2D eigenvalue weighted by Gasteiger charge is 2.29. The Morgan fingerprint density at radius 1 is 1.21 bits per heavy atom. The Labute approximate surface area is 194 Å². The maximum atomic E-state index is 13.4. The fourth-order valence-corrected chi connectivity index (χ4v) is 4.44. The summed E-state index contributed by atoms with van der Waals surface area (Å²) in [7, 11) is 0. The molecule has 2 aromatic heterocycles. The van der Waals surface area contributed by atoms with Crippen molar-refractivity contribution in [3.8, 4) is 11.3 Å². The van der Waals surface area contributed by atoms with Crippen molar-refractivity contribution in [2.45, 2.75) is 19.8 Å². The van der Waals surface area contributed by atoms with Crippen LogP contribution in [0.4, 0.5) is 15.9 Å².